The van der Waals surface area contributed by atoms with E-state index < -0.39 is 12.4 Å². The molecule has 2 nitrogen and oxygen atoms in total. The van der Waals surface area contributed by atoms with Gasteiger partial charge in [0.15, 0.2) is 0 Å². The van der Waals surface area contributed by atoms with Crippen LogP contribution >= 0.6 is 12.4 Å². The van der Waals surface area contributed by atoms with Gasteiger partial charge in [-0.2, -0.15) is 0 Å². The van der Waals surface area contributed by atoms with Gasteiger partial charge in [0.1, 0.15) is 5.75 Å². The molecule has 0 heterocycles. The number of rotatable bonds is 2. The van der Waals surface area contributed by atoms with E-state index in [1.165, 1.54) is 18.2 Å². The molecule has 1 atom stereocenters. The van der Waals surface area contributed by atoms with E-state index in [-0.39, 0.29) is 18.2 Å². The Morgan fingerprint density at radius 3 is 2.27 bits per heavy atom. The van der Waals surface area contributed by atoms with E-state index in [0.717, 1.165) is 0 Å². The first-order valence-corrected chi connectivity index (χ1v) is 4.00. The molecule has 6 heteroatoms. The SMILES string of the molecule is C[C@H](N)c1ccccc1OC(F)(F)F.Cl. The molecule has 0 amide bonds. The van der Waals surface area contributed by atoms with Gasteiger partial charge in [0.25, 0.3) is 0 Å². The van der Waals surface area contributed by atoms with Crippen LogP contribution < -0.4 is 10.5 Å². The maximum absolute atomic E-state index is 11.9. The van der Waals surface area contributed by atoms with Crippen LogP contribution in [0.2, 0.25) is 0 Å². The zero-order valence-electron chi connectivity index (χ0n) is 7.91. The lowest BCUT2D eigenvalue weighted by molar-refractivity contribution is -0.274. The van der Waals surface area contributed by atoms with E-state index in [1.54, 1.807) is 13.0 Å². The highest BCUT2D eigenvalue weighted by Gasteiger charge is 2.32. The van der Waals surface area contributed by atoms with E-state index in [1.807, 2.05) is 0 Å². The number of ether oxygens (including phenoxy) is 1. The summed E-state index contributed by atoms with van der Waals surface area (Å²) in [4.78, 5) is 0. The molecule has 1 rings (SSSR count). The molecule has 0 aliphatic rings. The van der Waals surface area contributed by atoms with Crippen LogP contribution in [0.3, 0.4) is 0 Å². The summed E-state index contributed by atoms with van der Waals surface area (Å²) in [5, 5.41) is 0. The lowest BCUT2D eigenvalue weighted by Crippen LogP contribution is -2.19. The minimum atomic E-state index is -4.68. The van der Waals surface area contributed by atoms with Crippen molar-refractivity contribution in [1.82, 2.24) is 0 Å². The van der Waals surface area contributed by atoms with Gasteiger partial charge in [-0.3, -0.25) is 0 Å². The number of hydrogen-bond donors (Lipinski definition) is 1. The Labute approximate surface area is 91.6 Å². The molecule has 0 aliphatic heterocycles. The normalized spacial score (nSPS) is 12.9. The second-order valence-corrected chi connectivity index (χ2v) is 2.87. The fourth-order valence-electron chi connectivity index (χ4n) is 1.07. The first-order valence-electron chi connectivity index (χ1n) is 4.00. The van der Waals surface area contributed by atoms with Crippen LogP contribution in [0.25, 0.3) is 0 Å². The van der Waals surface area contributed by atoms with E-state index in [4.69, 9.17) is 5.73 Å². The van der Waals surface area contributed by atoms with Gasteiger partial charge in [-0.25, -0.2) is 0 Å². The fourth-order valence-corrected chi connectivity index (χ4v) is 1.07. The number of benzene rings is 1. The molecule has 0 spiro atoms. The second-order valence-electron chi connectivity index (χ2n) is 2.87. The van der Waals surface area contributed by atoms with Crippen LogP contribution in [0.4, 0.5) is 13.2 Å². The van der Waals surface area contributed by atoms with Gasteiger partial charge in [0, 0.05) is 11.6 Å². The molecular weight excluding hydrogens is 231 g/mol. The number of halogens is 4. The summed E-state index contributed by atoms with van der Waals surface area (Å²) in [5.41, 5.74) is 5.82. The van der Waals surface area contributed by atoms with Crippen LogP contribution in [0.15, 0.2) is 24.3 Å². The average Bonchev–Trinajstić information content (AvgIpc) is 2.01. The molecular formula is C9H11ClF3NO. The zero-order valence-corrected chi connectivity index (χ0v) is 8.73. The van der Waals surface area contributed by atoms with Gasteiger partial charge in [-0.05, 0) is 13.0 Å². The molecule has 0 saturated heterocycles. The molecule has 86 valence electrons. The van der Waals surface area contributed by atoms with Crippen molar-refractivity contribution < 1.29 is 17.9 Å². The molecule has 0 bridgehead atoms. The summed E-state index contributed by atoms with van der Waals surface area (Å²) < 4.78 is 39.6. The zero-order chi connectivity index (χ0) is 10.8. The Balaban J connectivity index is 0.00000196. The van der Waals surface area contributed by atoms with Crippen molar-refractivity contribution >= 4 is 12.4 Å². The summed E-state index contributed by atoms with van der Waals surface area (Å²) >= 11 is 0. The summed E-state index contributed by atoms with van der Waals surface area (Å²) in [6, 6.07) is 5.33. The van der Waals surface area contributed by atoms with E-state index >= 15 is 0 Å². The monoisotopic (exact) mass is 241 g/mol. The average molecular weight is 242 g/mol. The third-order valence-corrected chi connectivity index (χ3v) is 1.64. The Morgan fingerprint density at radius 2 is 1.80 bits per heavy atom. The molecule has 0 saturated carbocycles. The van der Waals surface area contributed by atoms with E-state index in [2.05, 4.69) is 4.74 Å². The van der Waals surface area contributed by atoms with Crippen molar-refractivity contribution in [1.29, 1.82) is 0 Å². The van der Waals surface area contributed by atoms with E-state index in [9.17, 15) is 13.2 Å². The molecule has 1 aromatic carbocycles. The molecule has 2 N–H and O–H groups in total. The van der Waals surface area contributed by atoms with Crippen LogP contribution in [-0.2, 0) is 0 Å². The van der Waals surface area contributed by atoms with Gasteiger partial charge in [0.2, 0.25) is 0 Å². The second kappa shape index (κ2) is 5.23. The quantitative estimate of drug-likeness (QED) is 0.864. The Hall–Kier alpha value is -0.940. The molecule has 0 aliphatic carbocycles. The van der Waals surface area contributed by atoms with Crippen LogP contribution in [-0.4, -0.2) is 6.36 Å². The maximum atomic E-state index is 11.9. The third kappa shape index (κ3) is 4.40. The third-order valence-electron chi connectivity index (χ3n) is 1.64. The maximum Gasteiger partial charge on any atom is 0.573 e. The van der Waals surface area contributed by atoms with Gasteiger partial charge in [-0.1, -0.05) is 18.2 Å². The van der Waals surface area contributed by atoms with Crippen LogP contribution in [0.1, 0.15) is 18.5 Å². The molecule has 1 aromatic rings. The fraction of sp³-hybridized carbons (Fsp3) is 0.333. The largest absolute Gasteiger partial charge is 0.573 e. The van der Waals surface area contributed by atoms with Crippen LogP contribution in [0.5, 0.6) is 5.75 Å². The van der Waals surface area contributed by atoms with Crippen molar-refractivity contribution in [2.75, 3.05) is 0 Å². The van der Waals surface area contributed by atoms with Crippen molar-refractivity contribution in [2.45, 2.75) is 19.3 Å². The Morgan fingerprint density at radius 1 is 1.27 bits per heavy atom. The first-order chi connectivity index (χ1) is 6.40. The van der Waals surface area contributed by atoms with Crippen LogP contribution in [0, 0.1) is 0 Å². The van der Waals surface area contributed by atoms with Gasteiger partial charge < -0.3 is 10.5 Å². The highest BCUT2D eigenvalue weighted by Crippen LogP contribution is 2.28. The summed E-state index contributed by atoms with van der Waals surface area (Å²) in [5.74, 6) is -0.241. The van der Waals surface area contributed by atoms with Crippen molar-refractivity contribution in [3.05, 3.63) is 29.8 Å². The molecule has 0 fully saturated rings. The lowest BCUT2D eigenvalue weighted by atomic mass is 10.1. The minimum absolute atomic E-state index is 0. The molecule has 15 heavy (non-hydrogen) atoms. The van der Waals surface area contributed by atoms with Crippen molar-refractivity contribution in [3.63, 3.8) is 0 Å². The lowest BCUT2D eigenvalue weighted by Gasteiger charge is -2.14. The summed E-state index contributed by atoms with van der Waals surface area (Å²) in [6.45, 7) is 1.60. The first kappa shape index (κ1) is 14.1. The van der Waals surface area contributed by atoms with Gasteiger partial charge in [-0.15, -0.1) is 25.6 Å². The van der Waals surface area contributed by atoms with Crippen molar-refractivity contribution in [2.24, 2.45) is 5.73 Å². The van der Waals surface area contributed by atoms with Gasteiger partial charge >= 0.3 is 6.36 Å². The highest BCUT2D eigenvalue weighted by atomic mass is 35.5. The molecule has 0 unspecified atom stereocenters. The smallest absolute Gasteiger partial charge is 0.405 e. The number of hydrogen-bond acceptors (Lipinski definition) is 2. The number of nitrogens with two attached hydrogens (primary N) is 1. The predicted octanol–water partition coefficient (Wildman–Crippen LogP) is 3.03. The Bertz CT molecular complexity index is 314. The highest BCUT2D eigenvalue weighted by molar-refractivity contribution is 5.85. The Kier molecular flexibility index (Phi) is 4.90. The van der Waals surface area contributed by atoms with Crippen molar-refractivity contribution in [3.8, 4) is 5.75 Å². The topological polar surface area (TPSA) is 35.2 Å². The minimum Gasteiger partial charge on any atom is -0.405 e. The van der Waals surface area contributed by atoms with Gasteiger partial charge in [0.05, 0.1) is 0 Å². The number of para-hydroxylation sites is 1. The molecule has 0 aromatic heterocycles. The standard InChI is InChI=1S/C9H10F3NO.ClH/c1-6(13)7-4-2-3-5-8(7)14-9(10,11)12;/h2-6H,13H2,1H3;1H/t6-;/m0./s1. The predicted molar refractivity (Wildman–Crippen MR) is 53.0 cm³/mol. The molecule has 0 radical (unpaired) electrons. The summed E-state index contributed by atoms with van der Waals surface area (Å²) in [6.07, 6.45) is -4.68. The number of alkyl halides is 3. The summed E-state index contributed by atoms with van der Waals surface area (Å²) in [7, 11) is 0. The van der Waals surface area contributed by atoms with E-state index in [0.29, 0.717) is 5.56 Å².